The minimum atomic E-state index is -1.18. The SMILES string of the molecule is COc1ccc(C)cc1NC(=O)C(OC(=O)c1ccc(NC(C)=O)cc1)c1ccccc1. The summed E-state index contributed by atoms with van der Waals surface area (Å²) in [7, 11) is 1.51. The number of methoxy groups -OCH3 is 1. The van der Waals surface area contributed by atoms with Crippen LogP contribution >= 0.6 is 0 Å². The zero-order chi connectivity index (χ0) is 23.1. The number of carbonyl (C=O) groups excluding carboxylic acids is 3. The van der Waals surface area contributed by atoms with Gasteiger partial charge in [0.25, 0.3) is 5.91 Å². The second kappa shape index (κ2) is 10.3. The molecule has 3 rings (SSSR count). The standard InChI is InChI=1S/C25H24N2O5/c1-16-9-14-22(31-3)21(15-16)27-24(29)23(18-7-5-4-6-8-18)32-25(30)19-10-12-20(13-11-19)26-17(2)28/h4-15,23H,1-3H3,(H,26,28)(H,27,29). The number of anilines is 2. The van der Waals surface area contributed by atoms with Crippen molar-refractivity contribution < 1.29 is 23.9 Å². The van der Waals surface area contributed by atoms with E-state index in [0.717, 1.165) is 5.56 Å². The van der Waals surface area contributed by atoms with Crippen LogP contribution in [0.25, 0.3) is 0 Å². The van der Waals surface area contributed by atoms with Gasteiger partial charge in [-0.25, -0.2) is 4.79 Å². The van der Waals surface area contributed by atoms with Gasteiger partial charge in [0.1, 0.15) is 5.75 Å². The molecule has 0 fully saturated rings. The highest BCUT2D eigenvalue weighted by molar-refractivity contribution is 5.99. The van der Waals surface area contributed by atoms with E-state index in [1.165, 1.54) is 26.2 Å². The van der Waals surface area contributed by atoms with Crippen molar-refractivity contribution in [2.75, 3.05) is 17.7 Å². The summed E-state index contributed by atoms with van der Waals surface area (Å²) in [6.45, 7) is 3.29. The van der Waals surface area contributed by atoms with E-state index in [9.17, 15) is 14.4 Å². The Balaban J connectivity index is 1.84. The van der Waals surface area contributed by atoms with E-state index in [2.05, 4.69) is 10.6 Å². The number of esters is 1. The Kier molecular flexibility index (Phi) is 7.23. The molecule has 0 saturated heterocycles. The minimum Gasteiger partial charge on any atom is -0.495 e. The maximum absolute atomic E-state index is 13.1. The molecule has 0 aliphatic heterocycles. The molecule has 1 atom stereocenters. The van der Waals surface area contributed by atoms with E-state index < -0.39 is 18.0 Å². The third-order valence-electron chi connectivity index (χ3n) is 4.62. The normalized spacial score (nSPS) is 11.2. The number of amides is 2. The summed E-state index contributed by atoms with van der Waals surface area (Å²) >= 11 is 0. The highest BCUT2D eigenvalue weighted by Gasteiger charge is 2.26. The van der Waals surface area contributed by atoms with Gasteiger partial charge in [0.15, 0.2) is 0 Å². The summed E-state index contributed by atoms with van der Waals surface area (Å²) in [5.41, 5.74) is 2.75. The number of aryl methyl sites for hydroxylation is 1. The molecule has 2 amide bonds. The molecule has 0 aliphatic carbocycles. The maximum Gasteiger partial charge on any atom is 0.339 e. The third-order valence-corrected chi connectivity index (χ3v) is 4.62. The summed E-state index contributed by atoms with van der Waals surface area (Å²) in [6.07, 6.45) is -1.18. The van der Waals surface area contributed by atoms with Gasteiger partial charge in [-0.2, -0.15) is 0 Å². The molecular weight excluding hydrogens is 408 g/mol. The second-order valence-corrected chi connectivity index (χ2v) is 7.15. The summed E-state index contributed by atoms with van der Waals surface area (Å²) in [5, 5.41) is 5.43. The quantitative estimate of drug-likeness (QED) is 0.536. The Morgan fingerprint density at radius 2 is 1.56 bits per heavy atom. The van der Waals surface area contributed by atoms with Crippen molar-refractivity contribution >= 4 is 29.2 Å². The summed E-state index contributed by atoms with van der Waals surface area (Å²) in [6, 6.07) is 20.4. The van der Waals surface area contributed by atoms with Crippen molar-refractivity contribution in [3.63, 3.8) is 0 Å². The Labute approximate surface area is 186 Å². The fourth-order valence-corrected chi connectivity index (χ4v) is 3.09. The van der Waals surface area contributed by atoms with E-state index in [1.807, 2.05) is 19.1 Å². The molecule has 3 aromatic rings. The summed E-state index contributed by atoms with van der Waals surface area (Å²) in [5.74, 6) is -0.897. The lowest BCUT2D eigenvalue weighted by molar-refractivity contribution is -0.125. The summed E-state index contributed by atoms with van der Waals surface area (Å²) in [4.78, 5) is 37.1. The van der Waals surface area contributed by atoms with Gasteiger partial charge in [-0.1, -0.05) is 36.4 Å². The molecule has 0 aromatic heterocycles. The first-order chi connectivity index (χ1) is 15.4. The number of hydrogen-bond acceptors (Lipinski definition) is 5. The Morgan fingerprint density at radius 1 is 0.875 bits per heavy atom. The van der Waals surface area contributed by atoms with Crippen LogP contribution in [0.3, 0.4) is 0 Å². The molecule has 0 saturated carbocycles. The number of rotatable bonds is 7. The predicted molar refractivity (Wildman–Crippen MR) is 122 cm³/mol. The van der Waals surface area contributed by atoms with Gasteiger partial charge in [0.05, 0.1) is 18.4 Å². The monoisotopic (exact) mass is 432 g/mol. The molecule has 7 heteroatoms. The van der Waals surface area contributed by atoms with E-state index in [-0.39, 0.29) is 11.5 Å². The molecule has 32 heavy (non-hydrogen) atoms. The van der Waals surface area contributed by atoms with Crippen LogP contribution in [-0.2, 0) is 14.3 Å². The Bertz CT molecular complexity index is 1110. The number of hydrogen-bond donors (Lipinski definition) is 2. The molecule has 0 aliphatic rings. The fraction of sp³-hybridized carbons (Fsp3) is 0.160. The lowest BCUT2D eigenvalue weighted by atomic mass is 10.1. The highest BCUT2D eigenvalue weighted by atomic mass is 16.5. The van der Waals surface area contributed by atoms with Crippen molar-refractivity contribution in [2.24, 2.45) is 0 Å². The molecule has 3 aromatic carbocycles. The van der Waals surface area contributed by atoms with Crippen LogP contribution in [0.5, 0.6) is 5.75 Å². The Hall–Kier alpha value is -4.13. The molecular formula is C25H24N2O5. The first-order valence-electron chi connectivity index (χ1n) is 9.96. The lowest BCUT2D eigenvalue weighted by Crippen LogP contribution is -2.26. The van der Waals surface area contributed by atoms with Crippen LogP contribution in [0.15, 0.2) is 72.8 Å². The van der Waals surface area contributed by atoms with Gasteiger partial charge < -0.3 is 20.1 Å². The van der Waals surface area contributed by atoms with Crippen LogP contribution in [0.2, 0.25) is 0 Å². The van der Waals surface area contributed by atoms with Gasteiger partial charge in [-0.3, -0.25) is 9.59 Å². The molecule has 1 unspecified atom stereocenters. The average molecular weight is 432 g/mol. The average Bonchev–Trinajstić information content (AvgIpc) is 2.78. The minimum absolute atomic E-state index is 0.215. The van der Waals surface area contributed by atoms with Gasteiger partial charge in [-0.05, 0) is 48.9 Å². The van der Waals surface area contributed by atoms with E-state index in [1.54, 1.807) is 48.5 Å². The largest absolute Gasteiger partial charge is 0.495 e. The van der Waals surface area contributed by atoms with Gasteiger partial charge in [-0.15, -0.1) is 0 Å². The smallest absolute Gasteiger partial charge is 0.339 e. The number of benzene rings is 3. The summed E-state index contributed by atoms with van der Waals surface area (Å²) < 4.78 is 10.9. The highest BCUT2D eigenvalue weighted by Crippen LogP contribution is 2.28. The molecule has 0 heterocycles. The zero-order valence-electron chi connectivity index (χ0n) is 18.0. The van der Waals surface area contributed by atoms with Crippen molar-refractivity contribution in [3.05, 3.63) is 89.5 Å². The molecule has 164 valence electrons. The Morgan fingerprint density at radius 3 is 2.19 bits per heavy atom. The fourth-order valence-electron chi connectivity index (χ4n) is 3.09. The lowest BCUT2D eigenvalue weighted by Gasteiger charge is -2.19. The van der Waals surface area contributed by atoms with Crippen LogP contribution in [0.1, 0.15) is 34.5 Å². The number of carbonyl (C=O) groups is 3. The van der Waals surface area contributed by atoms with Crippen molar-refractivity contribution in [2.45, 2.75) is 20.0 Å². The molecule has 0 radical (unpaired) electrons. The van der Waals surface area contributed by atoms with Gasteiger partial charge in [0.2, 0.25) is 12.0 Å². The van der Waals surface area contributed by atoms with Crippen molar-refractivity contribution in [1.82, 2.24) is 0 Å². The van der Waals surface area contributed by atoms with Gasteiger partial charge >= 0.3 is 5.97 Å². The van der Waals surface area contributed by atoms with E-state index >= 15 is 0 Å². The predicted octanol–water partition coefficient (Wildman–Crippen LogP) is 4.50. The second-order valence-electron chi connectivity index (χ2n) is 7.15. The van der Waals surface area contributed by atoms with E-state index in [4.69, 9.17) is 9.47 Å². The van der Waals surface area contributed by atoms with Crippen LogP contribution in [0.4, 0.5) is 11.4 Å². The van der Waals surface area contributed by atoms with Crippen molar-refractivity contribution in [3.8, 4) is 5.75 Å². The molecule has 0 spiro atoms. The topological polar surface area (TPSA) is 93.7 Å². The van der Waals surface area contributed by atoms with Crippen LogP contribution in [-0.4, -0.2) is 24.9 Å². The zero-order valence-corrected chi connectivity index (χ0v) is 18.0. The first-order valence-corrected chi connectivity index (χ1v) is 9.96. The maximum atomic E-state index is 13.1. The third kappa shape index (κ3) is 5.72. The van der Waals surface area contributed by atoms with Crippen LogP contribution < -0.4 is 15.4 Å². The molecule has 0 bridgehead atoms. The van der Waals surface area contributed by atoms with Crippen LogP contribution in [0, 0.1) is 6.92 Å². The number of ether oxygens (including phenoxy) is 2. The molecule has 7 nitrogen and oxygen atoms in total. The van der Waals surface area contributed by atoms with Crippen molar-refractivity contribution in [1.29, 1.82) is 0 Å². The molecule has 2 N–H and O–H groups in total. The van der Waals surface area contributed by atoms with Gasteiger partial charge in [0, 0.05) is 18.2 Å². The number of nitrogens with one attached hydrogen (secondary N) is 2. The first kappa shape index (κ1) is 22.6. The van der Waals surface area contributed by atoms with E-state index in [0.29, 0.717) is 22.7 Å².